The molecule has 0 aliphatic carbocycles. The predicted molar refractivity (Wildman–Crippen MR) is 73.0 cm³/mol. The minimum atomic E-state index is -0.0202. The first-order valence-corrected chi connectivity index (χ1v) is 6.80. The third-order valence-electron chi connectivity index (χ3n) is 3.70. The van der Waals surface area contributed by atoms with Crippen LogP contribution in [0.15, 0.2) is 24.3 Å². The highest BCUT2D eigenvalue weighted by Gasteiger charge is 2.24. The van der Waals surface area contributed by atoms with Crippen molar-refractivity contribution in [3.05, 3.63) is 29.8 Å². The Morgan fingerprint density at radius 1 is 1.39 bits per heavy atom. The molecule has 2 rings (SSSR count). The maximum absolute atomic E-state index is 6.02. The molecule has 1 aliphatic heterocycles. The summed E-state index contributed by atoms with van der Waals surface area (Å²) < 4.78 is 11.3. The van der Waals surface area contributed by atoms with E-state index in [1.807, 2.05) is 12.1 Å². The molecule has 100 valence electrons. The fourth-order valence-corrected chi connectivity index (χ4v) is 2.14. The summed E-state index contributed by atoms with van der Waals surface area (Å²) in [5, 5.41) is 0. The van der Waals surface area contributed by atoms with E-state index in [1.54, 1.807) is 0 Å². The molecule has 0 radical (unpaired) electrons. The highest BCUT2D eigenvalue weighted by molar-refractivity contribution is 5.29. The third-order valence-corrected chi connectivity index (χ3v) is 3.70. The highest BCUT2D eigenvalue weighted by atomic mass is 16.5. The topological polar surface area (TPSA) is 44.5 Å². The highest BCUT2D eigenvalue weighted by Crippen LogP contribution is 2.23. The first-order valence-electron chi connectivity index (χ1n) is 6.80. The summed E-state index contributed by atoms with van der Waals surface area (Å²) in [5.41, 5.74) is 7.38. The first-order chi connectivity index (χ1) is 8.70. The van der Waals surface area contributed by atoms with E-state index in [4.69, 9.17) is 15.2 Å². The Balaban J connectivity index is 1.97. The number of rotatable bonds is 4. The molecule has 3 nitrogen and oxygen atoms in total. The summed E-state index contributed by atoms with van der Waals surface area (Å²) in [6, 6.07) is 8.41. The minimum absolute atomic E-state index is 0.0202. The van der Waals surface area contributed by atoms with Crippen molar-refractivity contribution in [3.8, 4) is 5.75 Å². The molecule has 18 heavy (non-hydrogen) atoms. The molecule has 0 spiro atoms. The van der Waals surface area contributed by atoms with Crippen LogP contribution in [0, 0.1) is 0 Å². The van der Waals surface area contributed by atoms with E-state index in [9.17, 15) is 0 Å². The Morgan fingerprint density at radius 2 is 2.11 bits per heavy atom. The summed E-state index contributed by atoms with van der Waals surface area (Å²) in [7, 11) is 0. The van der Waals surface area contributed by atoms with Gasteiger partial charge in [-0.25, -0.2) is 0 Å². The van der Waals surface area contributed by atoms with E-state index in [0.717, 1.165) is 25.2 Å². The van der Waals surface area contributed by atoms with Crippen molar-refractivity contribution in [3.63, 3.8) is 0 Å². The van der Waals surface area contributed by atoms with Gasteiger partial charge in [0, 0.05) is 12.6 Å². The molecule has 1 aromatic rings. The number of ether oxygens (including phenoxy) is 2. The molecular formula is C15H23NO2. The Bertz CT molecular complexity index is 363. The summed E-state index contributed by atoms with van der Waals surface area (Å²) in [6.07, 6.45) is 2.00. The van der Waals surface area contributed by atoms with Gasteiger partial charge < -0.3 is 15.2 Å². The van der Waals surface area contributed by atoms with E-state index in [2.05, 4.69) is 26.0 Å². The van der Waals surface area contributed by atoms with E-state index < -0.39 is 0 Å². The molecular weight excluding hydrogens is 226 g/mol. The smallest absolute Gasteiger partial charge is 0.137 e. The van der Waals surface area contributed by atoms with Crippen LogP contribution in [0.1, 0.15) is 38.2 Å². The number of hydrogen-bond donors (Lipinski definition) is 1. The van der Waals surface area contributed by atoms with Crippen LogP contribution >= 0.6 is 0 Å². The van der Waals surface area contributed by atoms with Gasteiger partial charge in [-0.3, -0.25) is 0 Å². The number of hydrogen-bond acceptors (Lipinski definition) is 3. The second-order valence-electron chi connectivity index (χ2n) is 5.06. The van der Waals surface area contributed by atoms with Gasteiger partial charge in [0.05, 0.1) is 6.61 Å². The van der Waals surface area contributed by atoms with Crippen molar-refractivity contribution < 1.29 is 9.47 Å². The molecule has 1 saturated heterocycles. The van der Waals surface area contributed by atoms with Crippen molar-refractivity contribution in [2.75, 3.05) is 13.2 Å². The standard InChI is InChI=1S/C15H23NO2/c1-3-11(2)12-4-6-13(7-5-12)18-15-10-17-9-8-14(15)16/h4-7,11,14-15H,3,8-10,16H2,1-2H3. The summed E-state index contributed by atoms with van der Waals surface area (Å²) >= 11 is 0. The van der Waals surface area contributed by atoms with Crippen molar-refractivity contribution in [1.29, 1.82) is 0 Å². The van der Waals surface area contributed by atoms with Crippen LogP contribution < -0.4 is 10.5 Å². The largest absolute Gasteiger partial charge is 0.486 e. The molecule has 0 aromatic heterocycles. The van der Waals surface area contributed by atoms with Crippen molar-refractivity contribution in [1.82, 2.24) is 0 Å². The van der Waals surface area contributed by atoms with Gasteiger partial charge in [-0.15, -0.1) is 0 Å². The molecule has 3 atom stereocenters. The van der Waals surface area contributed by atoms with Gasteiger partial charge in [0.1, 0.15) is 11.9 Å². The molecule has 0 amide bonds. The first kappa shape index (κ1) is 13.4. The number of benzene rings is 1. The van der Waals surface area contributed by atoms with Crippen molar-refractivity contribution >= 4 is 0 Å². The van der Waals surface area contributed by atoms with Gasteiger partial charge in [-0.1, -0.05) is 26.0 Å². The minimum Gasteiger partial charge on any atom is -0.486 e. The molecule has 1 aromatic carbocycles. The Hall–Kier alpha value is -1.06. The van der Waals surface area contributed by atoms with Crippen LogP contribution in [-0.2, 0) is 4.74 Å². The zero-order valence-corrected chi connectivity index (χ0v) is 11.3. The molecule has 0 bridgehead atoms. The van der Waals surface area contributed by atoms with E-state index in [1.165, 1.54) is 5.56 Å². The fraction of sp³-hybridized carbons (Fsp3) is 0.600. The SMILES string of the molecule is CCC(C)c1ccc(OC2COCCC2N)cc1. The molecule has 0 saturated carbocycles. The molecule has 1 fully saturated rings. The van der Waals surface area contributed by atoms with E-state index >= 15 is 0 Å². The molecule has 3 heteroatoms. The summed E-state index contributed by atoms with van der Waals surface area (Å²) in [5.74, 6) is 1.48. The van der Waals surface area contributed by atoms with Crippen molar-refractivity contribution in [2.24, 2.45) is 5.73 Å². The molecule has 1 aliphatic rings. The zero-order chi connectivity index (χ0) is 13.0. The van der Waals surface area contributed by atoms with Gasteiger partial charge in [0.25, 0.3) is 0 Å². The maximum atomic E-state index is 6.02. The molecule has 1 heterocycles. The lowest BCUT2D eigenvalue weighted by Gasteiger charge is -2.29. The maximum Gasteiger partial charge on any atom is 0.137 e. The Labute approximate surface area is 109 Å². The Kier molecular flexibility index (Phi) is 4.61. The van der Waals surface area contributed by atoms with Crippen LogP contribution in [0.4, 0.5) is 0 Å². The van der Waals surface area contributed by atoms with Crippen LogP contribution in [-0.4, -0.2) is 25.4 Å². The second-order valence-corrected chi connectivity index (χ2v) is 5.06. The lowest BCUT2D eigenvalue weighted by atomic mass is 9.99. The zero-order valence-electron chi connectivity index (χ0n) is 11.3. The predicted octanol–water partition coefficient (Wildman–Crippen LogP) is 2.70. The molecule has 3 unspecified atom stereocenters. The van der Waals surface area contributed by atoms with Gasteiger partial charge in [-0.05, 0) is 36.5 Å². The van der Waals surface area contributed by atoms with Crippen LogP contribution in [0.5, 0.6) is 5.75 Å². The quantitative estimate of drug-likeness (QED) is 0.892. The van der Waals surface area contributed by atoms with Gasteiger partial charge in [-0.2, -0.15) is 0 Å². The van der Waals surface area contributed by atoms with Crippen LogP contribution in [0.2, 0.25) is 0 Å². The lowest BCUT2D eigenvalue weighted by molar-refractivity contribution is -0.00532. The number of nitrogens with two attached hydrogens (primary N) is 1. The van der Waals surface area contributed by atoms with Crippen LogP contribution in [0.25, 0.3) is 0 Å². The normalized spacial score (nSPS) is 25.7. The van der Waals surface area contributed by atoms with Crippen LogP contribution in [0.3, 0.4) is 0 Å². The third kappa shape index (κ3) is 3.24. The van der Waals surface area contributed by atoms with Gasteiger partial charge >= 0.3 is 0 Å². The van der Waals surface area contributed by atoms with E-state index in [0.29, 0.717) is 12.5 Å². The monoisotopic (exact) mass is 249 g/mol. The summed E-state index contributed by atoms with van der Waals surface area (Å²) in [4.78, 5) is 0. The Morgan fingerprint density at radius 3 is 2.72 bits per heavy atom. The van der Waals surface area contributed by atoms with Gasteiger partial charge in [0.2, 0.25) is 0 Å². The van der Waals surface area contributed by atoms with Crippen molar-refractivity contribution in [2.45, 2.75) is 44.8 Å². The second kappa shape index (κ2) is 6.21. The lowest BCUT2D eigenvalue weighted by Crippen LogP contribution is -2.46. The van der Waals surface area contributed by atoms with E-state index in [-0.39, 0.29) is 12.1 Å². The molecule has 2 N–H and O–H groups in total. The average Bonchev–Trinajstić information content (AvgIpc) is 2.41. The fourth-order valence-electron chi connectivity index (χ4n) is 2.14. The summed E-state index contributed by atoms with van der Waals surface area (Å²) in [6.45, 7) is 5.77. The van der Waals surface area contributed by atoms with Gasteiger partial charge in [0.15, 0.2) is 0 Å². The average molecular weight is 249 g/mol.